The van der Waals surface area contributed by atoms with E-state index in [4.69, 9.17) is 17.0 Å². The molecule has 0 N–H and O–H groups in total. The monoisotopic (exact) mass is 796 g/mol. The van der Waals surface area contributed by atoms with Crippen LogP contribution < -0.4 is 0 Å². The van der Waals surface area contributed by atoms with E-state index in [9.17, 15) is 0 Å². The molecule has 2 aromatic heterocycles. The van der Waals surface area contributed by atoms with Gasteiger partial charge in [0.2, 0.25) is 0 Å². The molecule has 0 saturated heterocycles. The van der Waals surface area contributed by atoms with E-state index >= 15 is 0 Å². The van der Waals surface area contributed by atoms with Gasteiger partial charge in [0.15, 0.2) is 0 Å². The summed E-state index contributed by atoms with van der Waals surface area (Å²) in [7, 11) is 11.0. The number of hydrogen-bond donors (Lipinski definition) is 0. The van der Waals surface area contributed by atoms with Crippen molar-refractivity contribution in [3.63, 3.8) is 0 Å². The quantitative estimate of drug-likeness (QED) is 0.121. The molecule has 6 aromatic rings. The summed E-state index contributed by atoms with van der Waals surface area (Å²) in [5.41, 5.74) is 2.64. The predicted octanol–water partition coefficient (Wildman–Crippen LogP) is 12.9. The van der Waals surface area contributed by atoms with Gasteiger partial charge in [-0.3, -0.25) is 0 Å². The van der Waals surface area contributed by atoms with Crippen molar-refractivity contribution >= 4 is 103 Å². The first-order valence-corrected chi connectivity index (χ1v) is 23.2. The third kappa shape index (κ3) is 8.85. The Balaban J connectivity index is 0.000000175. The number of aryl methyl sites for hydroxylation is 2. The minimum atomic E-state index is -0.826. The molecule has 0 unspecified atom stereocenters. The summed E-state index contributed by atoms with van der Waals surface area (Å²) in [6.07, 6.45) is 0. The van der Waals surface area contributed by atoms with E-state index in [1.54, 1.807) is 0 Å². The van der Waals surface area contributed by atoms with Crippen molar-refractivity contribution in [2.75, 3.05) is 0 Å². The zero-order valence-electron chi connectivity index (χ0n) is 21.4. The van der Waals surface area contributed by atoms with Crippen LogP contribution in [-0.2, 0) is 20.8 Å². The summed E-state index contributed by atoms with van der Waals surface area (Å²) in [6.45, 7) is 8.60. The van der Waals surface area contributed by atoms with Gasteiger partial charge in [0.25, 0.3) is 0 Å². The number of hydrogen-bond acceptors (Lipinski definition) is 2. The molecule has 0 aliphatic heterocycles. The summed E-state index contributed by atoms with van der Waals surface area (Å²) in [6, 6.07) is 30.4. The molecule has 0 saturated carbocycles. The molecule has 2 radical (unpaired) electrons. The Labute approximate surface area is 271 Å². The van der Waals surface area contributed by atoms with E-state index in [0.717, 1.165) is 9.52 Å². The Hall–Kier alpha value is -0.300. The van der Waals surface area contributed by atoms with Gasteiger partial charge in [0.1, 0.15) is 0 Å². The van der Waals surface area contributed by atoms with E-state index in [1.165, 1.54) is 61.1 Å². The van der Waals surface area contributed by atoms with Crippen molar-refractivity contribution < 1.29 is 20.8 Å². The molecule has 0 spiro atoms. The molecular formula is C30H26Br2Cl2S2SiZr. The van der Waals surface area contributed by atoms with Crippen LogP contribution in [0.4, 0.5) is 0 Å². The Bertz CT molecular complexity index is 1460. The fourth-order valence-electron chi connectivity index (χ4n) is 3.86. The number of benzene rings is 2. The van der Waals surface area contributed by atoms with Gasteiger partial charge >= 0.3 is 37.9 Å². The predicted molar refractivity (Wildman–Crippen MR) is 180 cm³/mol. The van der Waals surface area contributed by atoms with Crippen LogP contribution in [0.25, 0.3) is 42.4 Å². The second-order valence-corrected chi connectivity index (χ2v) is 17.4. The standard InChI is InChI=1S/2C14H10BrS.C2H6Si.2ClH.Zr/c2*1-9-5-6-14(16-9)11-7-10-3-2-4-13(15)12(10)8-11;1-3-2;;;/h2*2-8H,1H3;1-2H3;2*1H;/q2*-1;;;;+4/p-2. The summed E-state index contributed by atoms with van der Waals surface area (Å²) >= 11 is 10.1. The van der Waals surface area contributed by atoms with Crippen LogP contribution in [0.3, 0.4) is 0 Å². The van der Waals surface area contributed by atoms with Crippen LogP contribution in [0.5, 0.6) is 0 Å². The van der Waals surface area contributed by atoms with Gasteiger partial charge in [0, 0.05) is 9.52 Å². The van der Waals surface area contributed by atoms with Crippen molar-refractivity contribution in [1.82, 2.24) is 0 Å². The van der Waals surface area contributed by atoms with Crippen LogP contribution in [0.1, 0.15) is 9.75 Å². The minimum absolute atomic E-state index is 0.826. The third-order valence-corrected chi connectivity index (χ3v) is 8.93. The van der Waals surface area contributed by atoms with Crippen LogP contribution >= 0.6 is 71.6 Å². The number of fused-ring (bicyclic) bond motifs is 2. The Morgan fingerprint density at radius 2 is 1.05 bits per heavy atom. The van der Waals surface area contributed by atoms with E-state index in [-0.39, 0.29) is 0 Å². The first kappa shape index (κ1) is 32.2. The summed E-state index contributed by atoms with van der Waals surface area (Å²) in [5, 5.41) is 5.19. The maximum atomic E-state index is 4.93. The Kier molecular flexibility index (Phi) is 13.8. The molecule has 2 heterocycles. The normalized spacial score (nSPS) is 10.1. The molecule has 38 heavy (non-hydrogen) atoms. The molecule has 6 rings (SSSR count). The molecule has 4 aromatic carbocycles. The molecule has 194 valence electrons. The van der Waals surface area contributed by atoms with Gasteiger partial charge in [-0.25, -0.2) is 0 Å². The molecule has 0 bridgehead atoms. The van der Waals surface area contributed by atoms with Gasteiger partial charge in [-0.1, -0.05) is 93.5 Å². The zero-order valence-corrected chi connectivity index (χ0v) is 31.2. The van der Waals surface area contributed by atoms with E-state index < -0.39 is 20.8 Å². The second kappa shape index (κ2) is 16.2. The topological polar surface area (TPSA) is 0 Å². The number of thiophene rings is 2. The SMILES string of the molecule is C[Si]C.Cc1ccc(-c2cc3c(Br)cccc3[cH-]2)s1.Cc1ccc(-c2cc3c(Br)cccc3[cH-]2)s1.[Cl][Zr+2][Cl]. The van der Waals surface area contributed by atoms with Crippen molar-refractivity contribution in [1.29, 1.82) is 0 Å². The number of rotatable bonds is 2. The van der Waals surface area contributed by atoms with Gasteiger partial charge < -0.3 is 0 Å². The molecule has 0 fully saturated rings. The molecule has 0 nitrogen and oxygen atoms in total. The van der Waals surface area contributed by atoms with Crippen LogP contribution in [0.15, 0.2) is 93.9 Å². The van der Waals surface area contributed by atoms with E-state index in [2.05, 4.69) is 144 Å². The molecule has 0 atom stereocenters. The van der Waals surface area contributed by atoms with Gasteiger partial charge in [-0.15, -0.1) is 69.1 Å². The average molecular weight is 801 g/mol. The Morgan fingerprint density at radius 3 is 1.34 bits per heavy atom. The van der Waals surface area contributed by atoms with Crippen molar-refractivity contribution in [3.8, 4) is 20.9 Å². The molecule has 0 amide bonds. The van der Waals surface area contributed by atoms with Gasteiger partial charge in [-0.05, 0) is 42.3 Å². The fraction of sp³-hybridized carbons (Fsp3) is 0.133. The molecule has 0 aliphatic rings. The van der Waals surface area contributed by atoms with E-state index in [1.807, 2.05) is 22.7 Å². The fourth-order valence-corrected chi connectivity index (χ4v) is 6.56. The summed E-state index contributed by atoms with van der Waals surface area (Å²) in [4.78, 5) is 5.42. The third-order valence-electron chi connectivity index (χ3n) is 5.44. The molecular weight excluding hydrogens is 774 g/mol. The van der Waals surface area contributed by atoms with Crippen LogP contribution in [0, 0.1) is 13.8 Å². The van der Waals surface area contributed by atoms with Crippen molar-refractivity contribution in [2.45, 2.75) is 26.9 Å². The Morgan fingerprint density at radius 1 is 0.684 bits per heavy atom. The molecule has 8 heteroatoms. The number of halogens is 4. The van der Waals surface area contributed by atoms with Crippen molar-refractivity contribution in [2.24, 2.45) is 0 Å². The summed E-state index contributed by atoms with van der Waals surface area (Å²) in [5.74, 6) is 0. The van der Waals surface area contributed by atoms with Gasteiger partial charge in [0.05, 0.1) is 0 Å². The average Bonchev–Trinajstić information content (AvgIpc) is 3.67. The van der Waals surface area contributed by atoms with Crippen molar-refractivity contribution in [3.05, 3.63) is 104 Å². The molecule has 0 aliphatic carbocycles. The first-order valence-electron chi connectivity index (χ1n) is 11.7. The second-order valence-electron chi connectivity index (χ2n) is 8.37. The first-order chi connectivity index (χ1) is 18.3. The van der Waals surface area contributed by atoms with Crippen LogP contribution in [-0.4, -0.2) is 9.52 Å². The van der Waals surface area contributed by atoms with E-state index in [0.29, 0.717) is 0 Å². The van der Waals surface area contributed by atoms with Crippen LogP contribution in [0.2, 0.25) is 13.1 Å². The van der Waals surface area contributed by atoms with Gasteiger partial charge in [-0.2, -0.15) is 22.7 Å². The zero-order chi connectivity index (χ0) is 27.7. The maximum absolute atomic E-state index is 4.93. The summed E-state index contributed by atoms with van der Waals surface area (Å²) < 4.78 is 2.34.